The van der Waals surface area contributed by atoms with Crippen molar-refractivity contribution in [2.75, 3.05) is 5.32 Å². The average Bonchev–Trinajstić information content (AvgIpc) is 3.01. The Morgan fingerprint density at radius 2 is 1.96 bits per heavy atom. The standard InChI is InChI=1S/C16H21F3N2OSSi/c1-21-9-11(12(10-21)16(17,18)19)15(22)20-13-5-7-23-14(13)6-8-24(2,3)4/h5,7,9-10H,6,8H2,1-4H3,(H,20,22). The molecular weight excluding hydrogens is 353 g/mol. The minimum Gasteiger partial charge on any atom is -0.356 e. The van der Waals surface area contributed by atoms with E-state index in [0.717, 1.165) is 23.5 Å². The maximum atomic E-state index is 13.0. The topological polar surface area (TPSA) is 34.0 Å². The highest BCUT2D eigenvalue weighted by Crippen LogP contribution is 2.33. The minimum absolute atomic E-state index is 0.354. The van der Waals surface area contributed by atoms with Crippen LogP contribution in [0.25, 0.3) is 0 Å². The molecule has 132 valence electrons. The fourth-order valence-corrected chi connectivity index (χ4v) is 4.33. The summed E-state index contributed by atoms with van der Waals surface area (Å²) in [7, 11) is 0.239. The van der Waals surface area contributed by atoms with Crippen molar-refractivity contribution in [1.29, 1.82) is 0 Å². The Hall–Kier alpha value is -1.54. The Bertz CT molecular complexity index is 728. The van der Waals surface area contributed by atoms with Gasteiger partial charge in [-0.25, -0.2) is 0 Å². The third-order valence-electron chi connectivity index (χ3n) is 3.60. The van der Waals surface area contributed by atoms with E-state index in [4.69, 9.17) is 0 Å². The fraction of sp³-hybridized carbons (Fsp3) is 0.438. The van der Waals surface area contributed by atoms with Gasteiger partial charge < -0.3 is 9.88 Å². The van der Waals surface area contributed by atoms with Gasteiger partial charge in [0.25, 0.3) is 5.91 Å². The molecule has 0 aliphatic carbocycles. The molecule has 2 aromatic rings. The van der Waals surface area contributed by atoms with Gasteiger partial charge in [0.05, 0.1) is 16.8 Å². The Morgan fingerprint density at radius 1 is 1.29 bits per heavy atom. The van der Waals surface area contributed by atoms with Crippen LogP contribution in [0, 0.1) is 0 Å². The molecule has 2 rings (SSSR count). The lowest BCUT2D eigenvalue weighted by molar-refractivity contribution is -0.137. The molecule has 1 N–H and O–H groups in total. The van der Waals surface area contributed by atoms with Crippen LogP contribution in [0.1, 0.15) is 20.8 Å². The first-order chi connectivity index (χ1) is 11.0. The molecule has 1 amide bonds. The molecule has 0 saturated heterocycles. The molecule has 0 unspecified atom stereocenters. The average molecular weight is 375 g/mol. The van der Waals surface area contributed by atoms with Gasteiger partial charge in [0.15, 0.2) is 0 Å². The number of anilines is 1. The van der Waals surface area contributed by atoms with Crippen molar-refractivity contribution >= 4 is 31.0 Å². The third-order valence-corrected chi connectivity index (χ3v) is 6.33. The molecule has 0 radical (unpaired) electrons. The van der Waals surface area contributed by atoms with E-state index >= 15 is 0 Å². The number of alkyl halides is 3. The zero-order valence-electron chi connectivity index (χ0n) is 14.1. The van der Waals surface area contributed by atoms with Crippen molar-refractivity contribution in [1.82, 2.24) is 4.57 Å². The number of carbonyl (C=O) groups is 1. The van der Waals surface area contributed by atoms with Crippen LogP contribution in [0.2, 0.25) is 25.7 Å². The van der Waals surface area contributed by atoms with Crippen LogP contribution < -0.4 is 5.32 Å². The second kappa shape index (κ2) is 6.76. The summed E-state index contributed by atoms with van der Waals surface area (Å²) in [6.07, 6.45) is -1.59. The van der Waals surface area contributed by atoms with E-state index in [1.54, 1.807) is 6.07 Å². The first-order valence-electron chi connectivity index (χ1n) is 7.58. The molecule has 0 aromatic carbocycles. The maximum absolute atomic E-state index is 13.0. The van der Waals surface area contributed by atoms with Gasteiger partial charge in [0.2, 0.25) is 0 Å². The molecule has 0 fully saturated rings. The molecule has 0 atom stereocenters. The number of aryl methyl sites for hydroxylation is 2. The molecule has 0 spiro atoms. The molecule has 24 heavy (non-hydrogen) atoms. The van der Waals surface area contributed by atoms with Crippen molar-refractivity contribution in [3.63, 3.8) is 0 Å². The van der Waals surface area contributed by atoms with Gasteiger partial charge in [-0.05, 0) is 17.9 Å². The van der Waals surface area contributed by atoms with Gasteiger partial charge in [-0.15, -0.1) is 11.3 Å². The van der Waals surface area contributed by atoms with Crippen LogP contribution in [-0.4, -0.2) is 18.5 Å². The Kier molecular flexibility index (Phi) is 5.29. The van der Waals surface area contributed by atoms with E-state index in [-0.39, 0.29) is 5.56 Å². The van der Waals surface area contributed by atoms with Crippen molar-refractivity contribution in [3.8, 4) is 0 Å². The van der Waals surface area contributed by atoms with Crippen molar-refractivity contribution in [2.45, 2.75) is 38.3 Å². The third kappa shape index (κ3) is 4.73. The SMILES string of the molecule is Cn1cc(C(=O)Nc2ccsc2CC[Si](C)(C)C)c(C(F)(F)F)c1. The monoisotopic (exact) mass is 374 g/mol. The van der Waals surface area contributed by atoms with Crippen LogP contribution in [-0.2, 0) is 19.6 Å². The van der Waals surface area contributed by atoms with Crippen LogP contribution in [0.4, 0.5) is 18.9 Å². The van der Waals surface area contributed by atoms with Crippen LogP contribution in [0.15, 0.2) is 23.8 Å². The zero-order valence-corrected chi connectivity index (χ0v) is 15.9. The molecule has 3 nitrogen and oxygen atoms in total. The van der Waals surface area contributed by atoms with Crippen molar-refractivity contribution in [3.05, 3.63) is 39.8 Å². The molecular formula is C16H21F3N2OSSi. The minimum atomic E-state index is -4.55. The van der Waals surface area contributed by atoms with Crippen LogP contribution in [0.5, 0.6) is 0 Å². The summed E-state index contributed by atoms with van der Waals surface area (Å²) in [4.78, 5) is 13.3. The number of nitrogens with one attached hydrogen (secondary N) is 1. The second-order valence-corrected chi connectivity index (χ2v) is 13.6. The lowest BCUT2D eigenvalue weighted by Crippen LogP contribution is -2.20. The molecule has 0 saturated carbocycles. The van der Waals surface area contributed by atoms with E-state index in [1.165, 1.54) is 29.1 Å². The number of thiophene rings is 1. The van der Waals surface area contributed by atoms with E-state index in [2.05, 4.69) is 25.0 Å². The van der Waals surface area contributed by atoms with Crippen LogP contribution in [0.3, 0.4) is 0 Å². The first kappa shape index (κ1) is 18.8. The number of aromatic nitrogens is 1. The van der Waals surface area contributed by atoms with E-state index in [0.29, 0.717) is 5.69 Å². The summed E-state index contributed by atoms with van der Waals surface area (Å²) >= 11 is 1.52. The summed E-state index contributed by atoms with van der Waals surface area (Å²) < 4.78 is 40.4. The highest BCUT2D eigenvalue weighted by atomic mass is 32.1. The second-order valence-electron chi connectivity index (χ2n) is 7.02. The Labute approximate surface area is 144 Å². The summed E-state index contributed by atoms with van der Waals surface area (Å²) in [5, 5.41) is 4.49. The van der Waals surface area contributed by atoms with E-state index in [9.17, 15) is 18.0 Å². The molecule has 8 heteroatoms. The normalized spacial score (nSPS) is 12.5. The quantitative estimate of drug-likeness (QED) is 0.714. The Balaban J connectivity index is 2.19. The summed E-state index contributed by atoms with van der Waals surface area (Å²) in [5.74, 6) is -0.726. The molecule has 0 aliphatic heterocycles. The first-order valence-corrected chi connectivity index (χ1v) is 12.2. The van der Waals surface area contributed by atoms with Gasteiger partial charge in [0.1, 0.15) is 0 Å². The predicted molar refractivity (Wildman–Crippen MR) is 94.5 cm³/mol. The lowest BCUT2D eigenvalue weighted by Gasteiger charge is -2.15. The highest BCUT2D eigenvalue weighted by molar-refractivity contribution is 7.10. The Morgan fingerprint density at radius 3 is 2.54 bits per heavy atom. The van der Waals surface area contributed by atoms with Gasteiger partial charge in [-0.1, -0.05) is 25.7 Å². The molecule has 0 aliphatic rings. The van der Waals surface area contributed by atoms with E-state index < -0.39 is 25.7 Å². The molecule has 0 bridgehead atoms. The largest absolute Gasteiger partial charge is 0.418 e. The fourth-order valence-electron chi connectivity index (χ4n) is 2.31. The summed E-state index contributed by atoms with van der Waals surface area (Å²) in [6.45, 7) is 6.79. The number of rotatable bonds is 5. The smallest absolute Gasteiger partial charge is 0.356 e. The maximum Gasteiger partial charge on any atom is 0.418 e. The number of amides is 1. The van der Waals surface area contributed by atoms with E-state index in [1.807, 2.05) is 5.38 Å². The summed E-state index contributed by atoms with van der Waals surface area (Å²) in [5.41, 5.74) is -0.658. The van der Waals surface area contributed by atoms with Gasteiger partial charge in [-0.3, -0.25) is 4.79 Å². The lowest BCUT2D eigenvalue weighted by atomic mass is 10.2. The number of hydrogen-bond acceptors (Lipinski definition) is 2. The molecule has 2 aromatic heterocycles. The number of halogens is 3. The number of nitrogens with zero attached hydrogens (tertiary/aromatic N) is 1. The highest BCUT2D eigenvalue weighted by Gasteiger charge is 2.36. The van der Waals surface area contributed by atoms with Gasteiger partial charge in [-0.2, -0.15) is 13.2 Å². The number of carbonyl (C=O) groups excluding carboxylic acids is 1. The van der Waals surface area contributed by atoms with Crippen molar-refractivity contribution in [2.24, 2.45) is 7.05 Å². The predicted octanol–water partition coefficient (Wildman–Crippen LogP) is 5.24. The van der Waals surface area contributed by atoms with Gasteiger partial charge >= 0.3 is 6.18 Å². The summed E-state index contributed by atoms with van der Waals surface area (Å²) in [6, 6.07) is 2.81. The number of hydrogen-bond donors (Lipinski definition) is 1. The van der Waals surface area contributed by atoms with Crippen LogP contribution >= 0.6 is 11.3 Å². The van der Waals surface area contributed by atoms with Gasteiger partial charge in [0, 0.05) is 32.4 Å². The molecule has 2 heterocycles. The zero-order chi connectivity index (χ0) is 18.1. The van der Waals surface area contributed by atoms with Crippen molar-refractivity contribution < 1.29 is 18.0 Å².